The van der Waals surface area contributed by atoms with Crippen molar-refractivity contribution in [2.24, 2.45) is 0 Å². The van der Waals surface area contributed by atoms with Gasteiger partial charge in [-0.05, 0) is 83.5 Å². The first-order valence-electron chi connectivity index (χ1n) is 30.3. The van der Waals surface area contributed by atoms with E-state index in [1.807, 2.05) is 6.08 Å². The number of allylic oxidation sites excluding steroid dienone is 5. The zero-order valence-electron chi connectivity index (χ0n) is 45.6. The Morgan fingerprint density at radius 1 is 0.397 bits per heavy atom. The molecule has 2 unspecified atom stereocenters. The van der Waals surface area contributed by atoms with Gasteiger partial charge in [0, 0.05) is 12.8 Å². The Morgan fingerprint density at radius 3 is 1.04 bits per heavy atom. The molecule has 0 aliphatic carbocycles. The van der Waals surface area contributed by atoms with Gasteiger partial charge in [-0.2, -0.15) is 0 Å². The molecule has 2 atom stereocenters. The topological polar surface area (TPSA) is 95.9 Å². The molecular formula is C62H117NO5. The Bertz CT molecular complexity index is 1100. The minimum Gasteiger partial charge on any atom is -0.466 e. The third-order valence-electron chi connectivity index (χ3n) is 13.9. The highest BCUT2D eigenvalue weighted by Gasteiger charge is 2.18. The van der Waals surface area contributed by atoms with Crippen LogP contribution >= 0.6 is 0 Å². The fourth-order valence-corrected chi connectivity index (χ4v) is 9.21. The number of hydrogen-bond acceptors (Lipinski definition) is 5. The van der Waals surface area contributed by atoms with Crippen LogP contribution in [0, 0.1) is 0 Å². The summed E-state index contributed by atoms with van der Waals surface area (Å²) >= 11 is 0. The van der Waals surface area contributed by atoms with Gasteiger partial charge >= 0.3 is 5.97 Å². The van der Waals surface area contributed by atoms with Gasteiger partial charge in [-0.1, -0.05) is 262 Å². The standard InChI is InChI=1S/C62H117NO5/c1-3-5-7-9-11-13-14-15-33-36-40-44-48-52-56-62(67)68-57-53-49-45-41-37-34-31-29-27-25-23-21-19-17-16-18-20-22-24-26-28-30-32-35-39-43-47-51-55-61(66)63-59(58-64)60(65)54-50-46-42-38-12-10-8-6-4-2/h14-17,50,54,59-60,64-65H,3-13,18-49,51-53,55-58H2,1-2H3,(H,63,66)/b15-14-,17-16-,54-50+. The summed E-state index contributed by atoms with van der Waals surface area (Å²) in [7, 11) is 0. The molecule has 0 rings (SSSR count). The van der Waals surface area contributed by atoms with Crippen molar-refractivity contribution in [1.82, 2.24) is 5.32 Å². The molecule has 0 fully saturated rings. The SMILES string of the molecule is CCCCCCC/C=C\CCCCCCCC(=O)OCCCCCCCCCCCCCC/C=C\CCCCCCCCCCCCCCC(=O)NC(CO)C(O)/C=C/CCCCCCCCC. The van der Waals surface area contributed by atoms with Crippen LogP contribution in [0.5, 0.6) is 0 Å². The molecule has 6 heteroatoms. The van der Waals surface area contributed by atoms with Crippen LogP contribution in [0.1, 0.15) is 322 Å². The first kappa shape index (κ1) is 66.1. The number of carbonyl (C=O) groups is 2. The maximum atomic E-state index is 12.4. The fraction of sp³-hybridized carbons (Fsp3) is 0.871. The van der Waals surface area contributed by atoms with Crippen molar-refractivity contribution < 1.29 is 24.5 Å². The van der Waals surface area contributed by atoms with Gasteiger partial charge in [-0.25, -0.2) is 0 Å². The molecule has 0 heterocycles. The summed E-state index contributed by atoms with van der Waals surface area (Å²) in [6, 6.07) is -0.625. The highest BCUT2D eigenvalue weighted by molar-refractivity contribution is 5.76. The number of aliphatic hydroxyl groups excluding tert-OH is 2. The monoisotopic (exact) mass is 956 g/mol. The lowest BCUT2D eigenvalue weighted by Crippen LogP contribution is -2.45. The Balaban J connectivity index is 3.36. The van der Waals surface area contributed by atoms with Crippen LogP contribution in [-0.4, -0.2) is 47.4 Å². The van der Waals surface area contributed by atoms with Crippen molar-refractivity contribution in [3.05, 3.63) is 36.5 Å². The average Bonchev–Trinajstić information content (AvgIpc) is 3.34. The molecule has 400 valence electrons. The van der Waals surface area contributed by atoms with Crippen LogP contribution in [0.3, 0.4) is 0 Å². The number of hydrogen-bond donors (Lipinski definition) is 3. The van der Waals surface area contributed by atoms with Gasteiger partial charge in [0.25, 0.3) is 0 Å². The summed E-state index contributed by atoms with van der Waals surface area (Å²) in [6.45, 7) is 4.87. The van der Waals surface area contributed by atoms with E-state index >= 15 is 0 Å². The van der Waals surface area contributed by atoms with Crippen LogP contribution in [-0.2, 0) is 14.3 Å². The third-order valence-corrected chi connectivity index (χ3v) is 13.9. The Morgan fingerprint density at radius 2 is 0.691 bits per heavy atom. The van der Waals surface area contributed by atoms with Crippen molar-refractivity contribution in [1.29, 1.82) is 0 Å². The van der Waals surface area contributed by atoms with Gasteiger partial charge in [0.1, 0.15) is 0 Å². The van der Waals surface area contributed by atoms with Crippen LogP contribution in [0.2, 0.25) is 0 Å². The first-order chi connectivity index (χ1) is 33.5. The number of esters is 1. The molecule has 3 N–H and O–H groups in total. The molecule has 1 amide bonds. The number of aliphatic hydroxyl groups is 2. The number of unbranched alkanes of at least 4 members (excludes halogenated alkanes) is 41. The highest BCUT2D eigenvalue weighted by atomic mass is 16.5. The second-order valence-corrected chi connectivity index (χ2v) is 20.7. The zero-order valence-corrected chi connectivity index (χ0v) is 45.6. The van der Waals surface area contributed by atoms with Gasteiger partial charge in [-0.3, -0.25) is 9.59 Å². The van der Waals surface area contributed by atoms with Gasteiger partial charge in [0.05, 0.1) is 25.4 Å². The average molecular weight is 957 g/mol. The van der Waals surface area contributed by atoms with Crippen LogP contribution in [0.25, 0.3) is 0 Å². The lowest BCUT2D eigenvalue weighted by Gasteiger charge is -2.20. The van der Waals surface area contributed by atoms with E-state index in [4.69, 9.17) is 4.74 Å². The molecule has 0 aromatic rings. The van der Waals surface area contributed by atoms with E-state index in [2.05, 4.69) is 43.5 Å². The summed E-state index contributed by atoms with van der Waals surface area (Å²) in [5, 5.41) is 22.9. The molecule has 0 aromatic heterocycles. The maximum Gasteiger partial charge on any atom is 0.305 e. The second kappa shape index (κ2) is 57.7. The molecule has 0 aliphatic rings. The van der Waals surface area contributed by atoms with E-state index in [0.717, 1.165) is 44.9 Å². The molecule has 0 bridgehead atoms. The summed E-state index contributed by atoms with van der Waals surface area (Å²) in [6.07, 6.45) is 72.0. The van der Waals surface area contributed by atoms with E-state index in [0.29, 0.717) is 19.4 Å². The van der Waals surface area contributed by atoms with Crippen molar-refractivity contribution >= 4 is 11.9 Å². The molecule has 0 radical (unpaired) electrons. The van der Waals surface area contributed by atoms with Crippen molar-refractivity contribution in [2.75, 3.05) is 13.2 Å². The van der Waals surface area contributed by atoms with Crippen LogP contribution < -0.4 is 5.32 Å². The van der Waals surface area contributed by atoms with Gasteiger partial charge in [0.2, 0.25) is 5.91 Å². The predicted molar refractivity (Wildman–Crippen MR) is 296 cm³/mol. The van der Waals surface area contributed by atoms with E-state index < -0.39 is 12.1 Å². The van der Waals surface area contributed by atoms with Crippen molar-refractivity contribution in [2.45, 2.75) is 334 Å². The van der Waals surface area contributed by atoms with E-state index in [9.17, 15) is 19.8 Å². The van der Waals surface area contributed by atoms with E-state index in [-0.39, 0.29) is 18.5 Å². The van der Waals surface area contributed by atoms with E-state index in [1.54, 1.807) is 6.08 Å². The number of carbonyl (C=O) groups excluding carboxylic acids is 2. The molecular weight excluding hydrogens is 839 g/mol. The first-order valence-corrected chi connectivity index (χ1v) is 30.3. The predicted octanol–water partition coefficient (Wildman–Crippen LogP) is 18.8. The highest BCUT2D eigenvalue weighted by Crippen LogP contribution is 2.16. The van der Waals surface area contributed by atoms with Crippen LogP contribution in [0.4, 0.5) is 0 Å². The van der Waals surface area contributed by atoms with Gasteiger partial charge < -0.3 is 20.3 Å². The summed E-state index contributed by atoms with van der Waals surface area (Å²) < 4.78 is 5.48. The van der Waals surface area contributed by atoms with Crippen molar-refractivity contribution in [3.63, 3.8) is 0 Å². The van der Waals surface area contributed by atoms with Gasteiger partial charge in [-0.15, -0.1) is 0 Å². The smallest absolute Gasteiger partial charge is 0.305 e. The molecule has 0 saturated heterocycles. The maximum absolute atomic E-state index is 12.4. The third kappa shape index (κ3) is 53.4. The molecule has 6 nitrogen and oxygen atoms in total. The minimum absolute atomic E-state index is 0.00660. The molecule has 68 heavy (non-hydrogen) atoms. The van der Waals surface area contributed by atoms with Gasteiger partial charge in [0.15, 0.2) is 0 Å². The molecule has 0 saturated carbocycles. The lowest BCUT2D eigenvalue weighted by atomic mass is 10.0. The number of nitrogens with one attached hydrogen (secondary N) is 1. The molecule has 0 spiro atoms. The number of rotatable bonds is 56. The van der Waals surface area contributed by atoms with E-state index in [1.165, 1.54) is 250 Å². The normalized spacial score (nSPS) is 12.8. The lowest BCUT2D eigenvalue weighted by molar-refractivity contribution is -0.143. The fourth-order valence-electron chi connectivity index (χ4n) is 9.21. The quantitative estimate of drug-likeness (QED) is 0.0321. The Kier molecular flexibility index (Phi) is 56.0. The Labute approximate surface area is 424 Å². The Hall–Kier alpha value is -1.92. The largest absolute Gasteiger partial charge is 0.466 e. The molecule has 0 aliphatic heterocycles. The number of ether oxygens (including phenoxy) is 1. The van der Waals surface area contributed by atoms with Crippen molar-refractivity contribution in [3.8, 4) is 0 Å². The summed E-state index contributed by atoms with van der Waals surface area (Å²) in [5.41, 5.74) is 0. The van der Waals surface area contributed by atoms with Crippen LogP contribution in [0.15, 0.2) is 36.5 Å². The zero-order chi connectivity index (χ0) is 49.3. The summed E-state index contributed by atoms with van der Waals surface area (Å²) in [5.74, 6) is -0.0638. The second-order valence-electron chi connectivity index (χ2n) is 20.7. The summed E-state index contributed by atoms with van der Waals surface area (Å²) in [4.78, 5) is 24.4. The molecule has 0 aromatic carbocycles. The number of amides is 1. The minimum atomic E-state index is -0.842.